The summed E-state index contributed by atoms with van der Waals surface area (Å²) in [6, 6.07) is 7.54. The molecule has 1 heterocycles. The molecule has 2 rings (SSSR count). The van der Waals surface area contributed by atoms with Crippen molar-refractivity contribution in [2.24, 2.45) is 0 Å². The number of hydrogen-bond donors (Lipinski definition) is 1. The van der Waals surface area contributed by atoms with Crippen LogP contribution in [0.4, 0.5) is 0 Å². The van der Waals surface area contributed by atoms with Gasteiger partial charge in [-0.3, -0.25) is 0 Å². The Hall–Kier alpha value is -0.910. The van der Waals surface area contributed by atoms with Gasteiger partial charge < -0.3 is 5.32 Å². The minimum Gasteiger partial charge on any atom is -0.314 e. The minimum atomic E-state index is -3.31. The first kappa shape index (κ1) is 14.5. The average molecular weight is 282 g/mol. The van der Waals surface area contributed by atoms with Crippen molar-refractivity contribution in [3.63, 3.8) is 0 Å². The molecule has 0 unspecified atom stereocenters. The average Bonchev–Trinajstić information content (AvgIpc) is 2.40. The maximum atomic E-state index is 12.5. The van der Waals surface area contributed by atoms with Crippen LogP contribution in [-0.2, 0) is 10.0 Å². The van der Waals surface area contributed by atoms with Crippen molar-refractivity contribution in [2.75, 3.05) is 19.6 Å². The lowest BCUT2D eigenvalue weighted by atomic mass is 10.1. The Morgan fingerprint density at radius 3 is 2.32 bits per heavy atom. The fourth-order valence-corrected chi connectivity index (χ4v) is 3.92. The van der Waals surface area contributed by atoms with Crippen molar-refractivity contribution < 1.29 is 8.42 Å². The van der Waals surface area contributed by atoms with Gasteiger partial charge in [0.2, 0.25) is 10.0 Å². The molecule has 0 aliphatic carbocycles. The molecule has 0 aromatic heterocycles. The predicted molar refractivity (Wildman–Crippen MR) is 76.6 cm³/mol. The summed E-state index contributed by atoms with van der Waals surface area (Å²) in [4.78, 5) is 0.403. The standard InChI is InChI=1S/C14H22N2O2S/c1-3-15-13-8-10-16(11-9-13)19(17,18)14-6-4-12(2)5-7-14/h4-7,13,15H,3,8-11H2,1-2H3. The highest BCUT2D eigenvalue weighted by molar-refractivity contribution is 7.89. The molecule has 0 amide bonds. The molecule has 1 aromatic rings. The summed E-state index contributed by atoms with van der Waals surface area (Å²) < 4.78 is 26.5. The van der Waals surface area contributed by atoms with Gasteiger partial charge in [0.1, 0.15) is 0 Å². The second-order valence-corrected chi connectivity index (χ2v) is 6.99. The van der Waals surface area contributed by atoms with Gasteiger partial charge in [-0.05, 0) is 38.4 Å². The number of aryl methyl sites for hydroxylation is 1. The van der Waals surface area contributed by atoms with Crippen molar-refractivity contribution in [1.29, 1.82) is 0 Å². The molecule has 0 bridgehead atoms. The quantitative estimate of drug-likeness (QED) is 0.915. The van der Waals surface area contributed by atoms with Crippen molar-refractivity contribution in [2.45, 2.75) is 37.6 Å². The summed E-state index contributed by atoms with van der Waals surface area (Å²) >= 11 is 0. The topological polar surface area (TPSA) is 49.4 Å². The molecule has 5 heteroatoms. The van der Waals surface area contributed by atoms with Crippen LogP contribution in [0.15, 0.2) is 29.2 Å². The molecule has 1 fully saturated rings. The smallest absolute Gasteiger partial charge is 0.243 e. The van der Waals surface area contributed by atoms with Crippen molar-refractivity contribution in [3.05, 3.63) is 29.8 Å². The van der Waals surface area contributed by atoms with Crippen LogP contribution in [0.1, 0.15) is 25.3 Å². The third kappa shape index (κ3) is 3.35. The maximum absolute atomic E-state index is 12.5. The van der Waals surface area contributed by atoms with E-state index >= 15 is 0 Å². The lowest BCUT2D eigenvalue weighted by Crippen LogP contribution is -2.44. The van der Waals surface area contributed by atoms with E-state index in [-0.39, 0.29) is 0 Å². The van der Waals surface area contributed by atoms with Crippen LogP contribution in [-0.4, -0.2) is 38.4 Å². The number of rotatable bonds is 4. The highest BCUT2D eigenvalue weighted by Crippen LogP contribution is 2.21. The molecule has 4 nitrogen and oxygen atoms in total. The molecule has 0 radical (unpaired) electrons. The Kier molecular flexibility index (Phi) is 4.60. The second kappa shape index (κ2) is 6.03. The fourth-order valence-electron chi connectivity index (χ4n) is 2.45. The molecule has 0 saturated carbocycles. The van der Waals surface area contributed by atoms with E-state index in [2.05, 4.69) is 12.2 Å². The van der Waals surface area contributed by atoms with Crippen LogP contribution in [0.5, 0.6) is 0 Å². The van der Waals surface area contributed by atoms with Crippen LogP contribution in [0.2, 0.25) is 0 Å². The molecule has 1 aliphatic heterocycles. The Bertz CT molecular complexity index is 503. The zero-order chi connectivity index (χ0) is 13.9. The maximum Gasteiger partial charge on any atom is 0.243 e. The summed E-state index contributed by atoms with van der Waals surface area (Å²) in [6.07, 6.45) is 1.78. The summed E-state index contributed by atoms with van der Waals surface area (Å²) in [5.41, 5.74) is 1.07. The van der Waals surface area contributed by atoms with E-state index in [1.807, 2.05) is 19.1 Å². The van der Waals surface area contributed by atoms with E-state index in [0.717, 1.165) is 24.9 Å². The van der Waals surface area contributed by atoms with Crippen LogP contribution in [0, 0.1) is 6.92 Å². The van der Waals surface area contributed by atoms with Gasteiger partial charge in [-0.1, -0.05) is 24.6 Å². The fraction of sp³-hybridized carbons (Fsp3) is 0.571. The molecule has 1 aromatic carbocycles. The molecule has 0 spiro atoms. The van der Waals surface area contributed by atoms with Crippen molar-refractivity contribution >= 4 is 10.0 Å². The van der Waals surface area contributed by atoms with Gasteiger partial charge >= 0.3 is 0 Å². The molecule has 0 atom stereocenters. The van der Waals surface area contributed by atoms with Gasteiger partial charge in [0.15, 0.2) is 0 Å². The highest BCUT2D eigenvalue weighted by Gasteiger charge is 2.28. The zero-order valence-corrected chi connectivity index (χ0v) is 12.4. The van der Waals surface area contributed by atoms with E-state index in [0.29, 0.717) is 24.0 Å². The molecule has 1 aliphatic rings. The number of hydrogen-bond acceptors (Lipinski definition) is 3. The van der Waals surface area contributed by atoms with Crippen molar-refractivity contribution in [3.8, 4) is 0 Å². The highest BCUT2D eigenvalue weighted by atomic mass is 32.2. The van der Waals surface area contributed by atoms with Gasteiger partial charge in [0.25, 0.3) is 0 Å². The lowest BCUT2D eigenvalue weighted by molar-refractivity contribution is 0.292. The summed E-state index contributed by atoms with van der Waals surface area (Å²) in [5, 5.41) is 3.38. The molecule has 1 N–H and O–H groups in total. The summed E-state index contributed by atoms with van der Waals surface area (Å²) in [6.45, 7) is 6.19. The SMILES string of the molecule is CCNC1CCN(S(=O)(=O)c2ccc(C)cc2)CC1. The van der Waals surface area contributed by atoms with Gasteiger partial charge in [-0.25, -0.2) is 8.42 Å². The van der Waals surface area contributed by atoms with Crippen LogP contribution in [0.25, 0.3) is 0 Å². The second-order valence-electron chi connectivity index (χ2n) is 5.05. The number of nitrogens with zero attached hydrogens (tertiary/aromatic N) is 1. The summed E-state index contributed by atoms with van der Waals surface area (Å²) in [5.74, 6) is 0. The monoisotopic (exact) mass is 282 g/mol. The van der Waals surface area contributed by atoms with Crippen LogP contribution in [0.3, 0.4) is 0 Å². The van der Waals surface area contributed by atoms with E-state index in [1.54, 1.807) is 16.4 Å². The Balaban J connectivity index is 2.07. The van der Waals surface area contributed by atoms with Crippen LogP contribution >= 0.6 is 0 Å². The number of sulfonamides is 1. The Morgan fingerprint density at radius 1 is 1.21 bits per heavy atom. The Morgan fingerprint density at radius 2 is 1.79 bits per heavy atom. The van der Waals surface area contributed by atoms with Crippen LogP contribution < -0.4 is 5.32 Å². The molecule has 1 saturated heterocycles. The number of nitrogens with one attached hydrogen (secondary N) is 1. The van der Waals surface area contributed by atoms with Gasteiger partial charge in [0, 0.05) is 19.1 Å². The number of piperidine rings is 1. The Labute approximate surface area is 115 Å². The van der Waals surface area contributed by atoms with E-state index in [9.17, 15) is 8.42 Å². The lowest BCUT2D eigenvalue weighted by Gasteiger charge is -2.31. The zero-order valence-electron chi connectivity index (χ0n) is 11.6. The van der Waals surface area contributed by atoms with E-state index in [1.165, 1.54) is 0 Å². The first-order chi connectivity index (χ1) is 9.04. The third-order valence-electron chi connectivity index (χ3n) is 3.61. The minimum absolute atomic E-state index is 0.403. The first-order valence-corrected chi connectivity index (χ1v) is 8.28. The largest absolute Gasteiger partial charge is 0.314 e. The van der Waals surface area contributed by atoms with Gasteiger partial charge in [-0.2, -0.15) is 4.31 Å². The molecule has 19 heavy (non-hydrogen) atoms. The predicted octanol–water partition coefficient (Wildman–Crippen LogP) is 1.76. The molecule has 106 valence electrons. The molecular formula is C14H22N2O2S. The third-order valence-corrected chi connectivity index (χ3v) is 5.52. The van der Waals surface area contributed by atoms with Gasteiger partial charge in [-0.15, -0.1) is 0 Å². The first-order valence-electron chi connectivity index (χ1n) is 6.84. The normalized spacial score (nSPS) is 18.6. The molecular weight excluding hydrogens is 260 g/mol. The number of benzene rings is 1. The van der Waals surface area contributed by atoms with Crippen molar-refractivity contribution in [1.82, 2.24) is 9.62 Å². The van der Waals surface area contributed by atoms with E-state index < -0.39 is 10.0 Å². The van der Waals surface area contributed by atoms with E-state index in [4.69, 9.17) is 0 Å². The van der Waals surface area contributed by atoms with Gasteiger partial charge in [0.05, 0.1) is 4.90 Å². The summed E-state index contributed by atoms with van der Waals surface area (Å²) in [7, 11) is -3.31.